The fourth-order valence-corrected chi connectivity index (χ4v) is 4.43. The van der Waals surface area contributed by atoms with Gasteiger partial charge in [-0.3, -0.25) is 13.9 Å². The van der Waals surface area contributed by atoms with E-state index >= 15 is 0 Å². The van der Waals surface area contributed by atoms with Crippen LogP contribution in [0.5, 0.6) is 11.5 Å². The van der Waals surface area contributed by atoms with Gasteiger partial charge < -0.3 is 9.47 Å². The second-order valence-corrected chi connectivity index (χ2v) is 9.04. The summed E-state index contributed by atoms with van der Waals surface area (Å²) in [7, 11) is 0. The molecule has 0 saturated heterocycles. The molecule has 1 aliphatic rings. The Bertz CT molecular complexity index is 1440. The van der Waals surface area contributed by atoms with E-state index in [2.05, 4.69) is 0 Å². The number of fused-ring (bicyclic) bond motifs is 1. The fraction of sp³-hybridized carbons (Fsp3) is 0.185. The summed E-state index contributed by atoms with van der Waals surface area (Å²) in [6, 6.07) is 24.4. The van der Waals surface area contributed by atoms with Crippen LogP contribution in [-0.4, -0.2) is 28.1 Å². The maximum absolute atomic E-state index is 13.7. The number of aryl methyl sites for hydroxylation is 1. The largest absolute Gasteiger partial charge is 0.486 e. The summed E-state index contributed by atoms with van der Waals surface area (Å²) in [4.78, 5) is 28.0. The minimum absolute atomic E-state index is 0.0864. The highest BCUT2D eigenvalue weighted by molar-refractivity contribution is 7.98. The molecule has 0 bridgehead atoms. The van der Waals surface area contributed by atoms with E-state index in [1.54, 1.807) is 16.3 Å². The van der Waals surface area contributed by atoms with Crippen LogP contribution in [0.15, 0.2) is 93.3 Å². The number of thioether (sulfide) groups is 1. The molecule has 0 spiro atoms. The predicted molar refractivity (Wildman–Crippen MR) is 135 cm³/mol. The van der Waals surface area contributed by atoms with Crippen molar-refractivity contribution in [3.8, 4) is 28.4 Å². The van der Waals surface area contributed by atoms with Crippen LogP contribution in [0.2, 0.25) is 0 Å². The number of rotatable bonds is 5. The summed E-state index contributed by atoms with van der Waals surface area (Å²) in [5, 5.41) is 0. The smallest absolute Gasteiger partial charge is 0.336 e. The lowest BCUT2D eigenvalue weighted by Gasteiger charge is -2.27. The molecule has 0 aliphatic carbocycles. The highest BCUT2D eigenvalue weighted by Gasteiger charge is 2.24. The molecule has 0 N–H and O–H groups in total. The van der Waals surface area contributed by atoms with Gasteiger partial charge in [-0.15, -0.1) is 11.8 Å². The molecule has 0 amide bonds. The zero-order valence-electron chi connectivity index (χ0n) is 18.9. The molecule has 0 fully saturated rings. The van der Waals surface area contributed by atoms with E-state index < -0.39 is 11.8 Å². The minimum Gasteiger partial charge on any atom is -0.486 e. The maximum atomic E-state index is 13.7. The molecule has 2 heterocycles. The average Bonchev–Trinajstić information content (AvgIpc) is 2.87. The van der Waals surface area contributed by atoms with Crippen LogP contribution >= 0.6 is 11.8 Å². The van der Waals surface area contributed by atoms with E-state index in [1.807, 2.05) is 86.0 Å². The minimum atomic E-state index is -0.460. The lowest BCUT2D eigenvalue weighted by atomic mass is 10.1. The van der Waals surface area contributed by atoms with E-state index in [0.717, 1.165) is 16.0 Å². The van der Waals surface area contributed by atoms with Crippen molar-refractivity contribution >= 4 is 11.8 Å². The van der Waals surface area contributed by atoms with Crippen LogP contribution < -0.4 is 20.7 Å². The first-order chi connectivity index (χ1) is 16.5. The van der Waals surface area contributed by atoms with Gasteiger partial charge in [0.1, 0.15) is 6.61 Å². The maximum Gasteiger partial charge on any atom is 0.336 e. The SMILES string of the molecule is CSc1ccc(-n2c(-c3ccc(C)cc3)cc(=O)n(CC3COc4ccccc4O3)c2=O)cc1. The number of aromatic nitrogens is 2. The third-order valence-electron chi connectivity index (χ3n) is 5.82. The predicted octanol–water partition coefficient (Wildman–Crippen LogP) is 4.54. The normalized spacial score (nSPS) is 14.7. The van der Waals surface area contributed by atoms with Crippen LogP contribution in [0.3, 0.4) is 0 Å². The van der Waals surface area contributed by atoms with E-state index in [1.165, 1.54) is 10.6 Å². The molecular weight excluding hydrogens is 448 g/mol. The summed E-state index contributed by atoms with van der Waals surface area (Å²) < 4.78 is 14.6. The molecule has 172 valence electrons. The van der Waals surface area contributed by atoms with Crippen LogP contribution in [0.1, 0.15) is 5.56 Å². The third-order valence-corrected chi connectivity index (χ3v) is 6.56. The molecule has 6 nitrogen and oxygen atoms in total. The standard InChI is InChI=1S/C27H24N2O4S/c1-18-7-9-19(10-8-18)23-15-26(30)28(16-21-17-32-24-5-3-4-6-25(24)33-21)27(31)29(23)20-11-13-22(34-2)14-12-20/h3-15,21H,16-17H2,1-2H3. The zero-order chi connectivity index (χ0) is 23.7. The van der Waals surface area contributed by atoms with Gasteiger partial charge in [-0.05, 0) is 55.1 Å². The number of hydrogen-bond donors (Lipinski definition) is 0. The Kier molecular flexibility index (Phi) is 6.02. The molecule has 3 aromatic carbocycles. The summed E-state index contributed by atoms with van der Waals surface area (Å²) in [6.45, 7) is 2.34. The van der Waals surface area contributed by atoms with Crippen molar-refractivity contribution in [2.75, 3.05) is 12.9 Å². The van der Waals surface area contributed by atoms with Crippen molar-refractivity contribution in [3.63, 3.8) is 0 Å². The molecule has 1 atom stereocenters. The van der Waals surface area contributed by atoms with Gasteiger partial charge in [-0.2, -0.15) is 0 Å². The first-order valence-corrected chi connectivity index (χ1v) is 12.2. The Balaban J connectivity index is 1.60. The number of nitrogens with zero attached hydrogens (tertiary/aromatic N) is 2. The van der Waals surface area contributed by atoms with Crippen molar-refractivity contribution < 1.29 is 9.47 Å². The number of para-hydroxylation sites is 2. The molecule has 1 aliphatic heterocycles. The van der Waals surface area contributed by atoms with Crippen molar-refractivity contribution in [1.82, 2.24) is 9.13 Å². The number of hydrogen-bond acceptors (Lipinski definition) is 5. The first-order valence-electron chi connectivity index (χ1n) is 11.0. The second-order valence-electron chi connectivity index (χ2n) is 8.16. The molecular formula is C27H24N2O4S. The summed E-state index contributed by atoms with van der Waals surface area (Å²) in [5.41, 5.74) is 2.35. The van der Waals surface area contributed by atoms with E-state index in [9.17, 15) is 9.59 Å². The molecule has 7 heteroatoms. The molecule has 1 unspecified atom stereocenters. The van der Waals surface area contributed by atoms with Crippen LogP contribution in [0.25, 0.3) is 16.9 Å². The Morgan fingerprint density at radius 2 is 1.65 bits per heavy atom. The third kappa shape index (κ3) is 4.26. The van der Waals surface area contributed by atoms with E-state index in [-0.39, 0.29) is 18.7 Å². The zero-order valence-corrected chi connectivity index (χ0v) is 19.7. The van der Waals surface area contributed by atoms with Crippen molar-refractivity contribution in [2.24, 2.45) is 0 Å². The van der Waals surface area contributed by atoms with E-state index in [0.29, 0.717) is 22.9 Å². The Labute approximate surface area is 201 Å². The van der Waals surface area contributed by atoms with Gasteiger partial charge >= 0.3 is 5.69 Å². The van der Waals surface area contributed by atoms with E-state index in [4.69, 9.17) is 9.47 Å². The van der Waals surface area contributed by atoms with Crippen molar-refractivity contribution in [2.45, 2.75) is 24.5 Å². The number of benzene rings is 3. The van der Waals surface area contributed by atoms with Gasteiger partial charge in [0, 0.05) is 11.0 Å². The second kappa shape index (κ2) is 9.27. The van der Waals surface area contributed by atoms with Crippen LogP contribution in [0, 0.1) is 6.92 Å². The van der Waals surface area contributed by atoms with Gasteiger partial charge in [0.25, 0.3) is 5.56 Å². The molecule has 34 heavy (non-hydrogen) atoms. The van der Waals surface area contributed by atoms with Gasteiger partial charge in [0.05, 0.1) is 17.9 Å². The van der Waals surface area contributed by atoms with Gasteiger partial charge in [0.2, 0.25) is 0 Å². The molecule has 0 radical (unpaired) electrons. The quantitative estimate of drug-likeness (QED) is 0.399. The summed E-state index contributed by atoms with van der Waals surface area (Å²) in [5.74, 6) is 1.27. The molecule has 0 saturated carbocycles. The van der Waals surface area contributed by atoms with Crippen molar-refractivity contribution in [3.05, 3.63) is 105 Å². The van der Waals surface area contributed by atoms with Gasteiger partial charge in [-0.25, -0.2) is 4.79 Å². The highest BCUT2D eigenvalue weighted by Crippen LogP contribution is 2.31. The molecule has 4 aromatic rings. The fourth-order valence-electron chi connectivity index (χ4n) is 4.02. The van der Waals surface area contributed by atoms with Crippen LogP contribution in [0.4, 0.5) is 0 Å². The highest BCUT2D eigenvalue weighted by atomic mass is 32.2. The Morgan fingerprint density at radius 3 is 2.35 bits per heavy atom. The lowest BCUT2D eigenvalue weighted by molar-refractivity contribution is 0.0766. The Hall–Kier alpha value is -3.71. The first kappa shape index (κ1) is 22.1. The van der Waals surface area contributed by atoms with Crippen LogP contribution in [-0.2, 0) is 6.54 Å². The average molecular weight is 473 g/mol. The summed E-state index contributed by atoms with van der Waals surface area (Å²) >= 11 is 1.63. The topological polar surface area (TPSA) is 62.5 Å². The monoisotopic (exact) mass is 472 g/mol. The number of ether oxygens (including phenoxy) is 2. The molecule has 1 aromatic heterocycles. The molecule has 5 rings (SSSR count). The van der Waals surface area contributed by atoms with Crippen molar-refractivity contribution in [1.29, 1.82) is 0 Å². The Morgan fingerprint density at radius 1 is 0.941 bits per heavy atom. The van der Waals surface area contributed by atoms with Gasteiger partial charge in [0.15, 0.2) is 17.6 Å². The lowest BCUT2D eigenvalue weighted by Crippen LogP contribution is -2.45. The van der Waals surface area contributed by atoms with Gasteiger partial charge in [-0.1, -0.05) is 42.0 Å². The summed E-state index contributed by atoms with van der Waals surface area (Å²) in [6.07, 6.45) is 1.54.